The smallest absolute Gasteiger partial charge is 0.255 e. The van der Waals surface area contributed by atoms with E-state index in [1.807, 2.05) is 24.3 Å². The van der Waals surface area contributed by atoms with Gasteiger partial charge < -0.3 is 24.4 Å². The standard InChI is InChI=1S/C42H44N4O6/c47-32-11-15-35-38(25-32)52-27-36(28-6-2-1-3-7-28)40(35)29-8-12-33(13-9-29)51-23-5-4-18-44-19-21-45(22-20-44)31-10-14-34-30(24-31)26-46(42(34)50)37-16-17-39(48)43-41(37)49/h1-3,6-15,24-25,36-37,40,47H,4-5,16-23,26-27H2,(H,43,48,49)/t36-,37?,40-/m1/s1. The van der Waals surface area contributed by atoms with Crippen LogP contribution in [0.4, 0.5) is 5.69 Å². The van der Waals surface area contributed by atoms with Gasteiger partial charge in [-0.3, -0.25) is 24.6 Å². The fourth-order valence-corrected chi connectivity index (χ4v) is 8.18. The summed E-state index contributed by atoms with van der Waals surface area (Å²) in [6.07, 6.45) is 2.65. The highest BCUT2D eigenvalue weighted by Gasteiger charge is 2.39. The molecule has 2 fully saturated rings. The van der Waals surface area contributed by atoms with Crippen LogP contribution in [0.15, 0.2) is 91.0 Å². The second-order valence-corrected chi connectivity index (χ2v) is 14.2. The number of ether oxygens (including phenoxy) is 2. The van der Waals surface area contributed by atoms with Crippen LogP contribution in [0.25, 0.3) is 0 Å². The number of anilines is 1. The number of fused-ring (bicyclic) bond motifs is 2. The molecule has 4 heterocycles. The van der Waals surface area contributed by atoms with Crippen molar-refractivity contribution < 1.29 is 29.0 Å². The number of rotatable bonds is 10. The minimum absolute atomic E-state index is 0.100. The van der Waals surface area contributed by atoms with Crippen molar-refractivity contribution in [1.29, 1.82) is 0 Å². The molecule has 3 atom stereocenters. The van der Waals surface area contributed by atoms with Crippen LogP contribution in [0.3, 0.4) is 0 Å². The fourth-order valence-electron chi connectivity index (χ4n) is 8.18. The molecule has 4 aromatic rings. The van der Waals surface area contributed by atoms with Crippen LogP contribution in [0, 0.1) is 0 Å². The van der Waals surface area contributed by atoms with E-state index in [-0.39, 0.29) is 41.7 Å². The lowest BCUT2D eigenvalue weighted by Gasteiger charge is -2.36. The van der Waals surface area contributed by atoms with Crippen molar-refractivity contribution in [3.63, 3.8) is 0 Å². The zero-order valence-electron chi connectivity index (χ0n) is 29.2. The third kappa shape index (κ3) is 6.95. The summed E-state index contributed by atoms with van der Waals surface area (Å²) >= 11 is 0. The van der Waals surface area contributed by atoms with E-state index >= 15 is 0 Å². The molecule has 4 aliphatic heterocycles. The Hall–Kier alpha value is -5.35. The Morgan fingerprint density at radius 3 is 2.44 bits per heavy atom. The number of carbonyl (C=O) groups is 3. The average molecular weight is 701 g/mol. The van der Waals surface area contributed by atoms with E-state index in [9.17, 15) is 19.5 Å². The maximum Gasteiger partial charge on any atom is 0.255 e. The number of hydrogen-bond acceptors (Lipinski definition) is 8. The van der Waals surface area contributed by atoms with Crippen molar-refractivity contribution in [2.45, 2.75) is 50.1 Å². The Kier molecular flexibility index (Phi) is 9.56. The van der Waals surface area contributed by atoms with Crippen LogP contribution in [0.2, 0.25) is 0 Å². The van der Waals surface area contributed by atoms with Crippen molar-refractivity contribution in [3.05, 3.63) is 119 Å². The normalized spacial score (nSPS) is 21.7. The molecule has 8 rings (SSSR count). The molecule has 10 heteroatoms. The average Bonchev–Trinajstić information content (AvgIpc) is 3.49. The maximum atomic E-state index is 13.1. The number of phenolic OH excluding ortho intramolecular Hbond substituents is 1. The minimum atomic E-state index is -0.595. The zero-order chi connectivity index (χ0) is 35.6. The number of benzene rings is 4. The summed E-state index contributed by atoms with van der Waals surface area (Å²) in [5.41, 5.74) is 6.19. The second-order valence-electron chi connectivity index (χ2n) is 14.2. The molecule has 0 saturated carbocycles. The first-order valence-electron chi connectivity index (χ1n) is 18.4. The lowest BCUT2D eigenvalue weighted by molar-refractivity contribution is -0.136. The highest BCUT2D eigenvalue weighted by Crippen LogP contribution is 2.47. The first-order chi connectivity index (χ1) is 25.4. The molecule has 0 spiro atoms. The number of nitrogens with one attached hydrogen (secondary N) is 1. The number of piperazine rings is 1. The number of carbonyl (C=O) groups excluding carboxylic acids is 3. The first-order valence-corrected chi connectivity index (χ1v) is 18.4. The number of aromatic hydroxyl groups is 1. The van der Waals surface area contributed by atoms with Crippen LogP contribution < -0.4 is 19.7 Å². The molecular formula is C42H44N4O6. The van der Waals surface area contributed by atoms with Gasteiger partial charge in [0.2, 0.25) is 11.8 Å². The SMILES string of the molecule is O=C1CCC(N2Cc3cc(N4CCN(CCCCOc5ccc([C@@H]6c7ccc(O)cc7OC[C@@H]6c6ccccc6)cc5)CC4)ccc3C2=O)C(=O)N1. The first kappa shape index (κ1) is 33.8. The second kappa shape index (κ2) is 14.7. The monoisotopic (exact) mass is 700 g/mol. The van der Waals surface area contributed by atoms with E-state index in [0.717, 1.165) is 73.9 Å². The number of phenols is 1. The predicted molar refractivity (Wildman–Crippen MR) is 197 cm³/mol. The third-order valence-electron chi connectivity index (χ3n) is 11.0. The lowest BCUT2D eigenvalue weighted by atomic mass is 9.76. The van der Waals surface area contributed by atoms with Crippen LogP contribution in [-0.2, 0) is 16.1 Å². The Bertz CT molecular complexity index is 1940. The molecule has 0 bridgehead atoms. The molecule has 268 valence electrons. The maximum absolute atomic E-state index is 13.1. The third-order valence-corrected chi connectivity index (χ3v) is 11.0. The molecule has 10 nitrogen and oxygen atoms in total. The van der Waals surface area contributed by atoms with Crippen LogP contribution >= 0.6 is 0 Å². The molecule has 0 aliphatic carbocycles. The Morgan fingerprint density at radius 1 is 0.846 bits per heavy atom. The summed E-state index contributed by atoms with van der Waals surface area (Å²) < 4.78 is 12.3. The van der Waals surface area contributed by atoms with E-state index in [2.05, 4.69) is 69.7 Å². The van der Waals surface area contributed by atoms with Gasteiger partial charge in [0.1, 0.15) is 23.3 Å². The van der Waals surface area contributed by atoms with Crippen molar-refractivity contribution in [2.24, 2.45) is 0 Å². The van der Waals surface area contributed by atoms with Gasteiger partial charge in [0, 0.05) is 73.9 Å². The number of imide groups is 1. The summed E-state index contributed by atoms with van der Waals surface area (Å²) in [7, 11) is 0. The van der Waals surface area contributed by atoms with Crippen molar-refractivity contribution in [2.75, 3.05) is 50.8 Å². The van der Waals surface area contributed by atoms with E-state index in [0.29, 0.717) is 31.7 Å². The van der Waals surface area contributed by atoms with E-state index < -0.39 is 6.04 Å². The minimum Gasteiger partial charge on any atom is -0.508 e. The number of unbranched alkanes of at least 4 members (excludes halogenated alkanes) is 1. The Labute approximate surface area is 303 Å². The van der Waals surface area contributed by atoms with Gasteiger partial charge in [-0.15, -0.1) is 0 Å². The zero-order valence-corrected chi connectivity index (χ0v) is 29.2. The van der Waals surface area contributed by atoms with Gasteiger partial charge in [-0.25, -0.2) is 0 Å². The number of nitrogens with zero attached hydrogens (tertiary/aromatic N) is 3. The number of amides is 3. The summed E-state index contributed by atoms with van der Waals surface area (Å²) in [6, 6.07) is 29.7. The van der Waals surface area contributed by atoms with Crippen molar-refractivity contribution >= 4 is 23.4 Å². The van der Waals surface area contributed by atoms with Gasteiger partial charge >= 0.3 is 0 Å². The predicted octanol–water partition coefficient (Wildman–Crippen LogP) is 5.44. The van der Waals surface area contributed by atoms with E-state index in [4.69, 9.17) is 9.47 Å². The summed E-state index contributed by atoms with van der Waals surface area (Å²) in [4.78, 5) is 43.5. The number of piperidine rings is 1. The topological polar surface area (TPSA) is 112 Å². The fraction of sp³-hybridized carbons (Fsp3) is 0.357. The molecule has 2 saturated heterocycles. The van der Waals surface area contributed by atoms with Crippen LogP contribution in [0.5, 0.6) is 17.2 Å². The van der Waals surface area contributed by atoms with Gasteiger partial charge in [-0.2, -0.15) is 0 Å². The van der Waals surface area contributed by atoms with Crippen molar-refractivity contribution in [1.82, 2.24) is 15.1 Å². The van der Waals surface area contributed by atoms with E-state index in [1.54, 1.807) is 17.0 Å². The molecule has 1 unspecified atom stereocenters. The molecule has 2 N–H and O–H groups in total. The van der Waals surface area contributed by atoms with Crippen LogP contribution in [0.1, 0.15) is 70.1 Å². The van der Waals surface area contributed by atoms with Crippen molar-refractivity contribution in [3.8, 4) is 17.2 Å². The molecule has 0 radical (unpaired) electrons. The molecular weight excluding hydrogens is 656 g/mol. The van der Waals surface area contributed by atoms with Crippen LogP contribution in [-0.4, -0.2) is 84.6 Å². The highest BCUT2D eigenvalue weighted by atomic mass is 16.5. The summed E-state index contributed by atoms with van der Waals surface area (Å²) in [6.45, 7) is 6.39. The largest absolute Gasteiger partial charge is 0.508 e. The molecule has 3 amide bonds. The van der Waals surface area contributed by atoms with E-state index in [1.165, 1.54) is 11.1 Å². The van der Waals surface area contributed by atoms with Gasteiger partial charge in [0.15, 0.2) is 0 Å². The van der Waals surface area contributed by atoms with Gasteiger partial charge in [-0.05, 0) is 78.9 Å². The molecule has 4 aromatic carbocycles. The Balaban J connectivity index is 0.797. The highest BCUT2D eigenvalue weighted by molar-refractivity contribution is 6.05. The summed E-state index contributed by atoms with van der Waals surface area (Å²) in [5, 5.41) is 12.4. The van der Waals surface area contributed by atoms with Gasteiger partial charge in [0.25, 0.3) is 5.91 Å². The molecule has 4 aliphatic rings. The quantitative estimate of drug-likeness (QED) is 0.166. The van der Waals surface area contributed by atoms with Gasteiger partial charge in [-0.1, -0.05) is 48.5 Å². The number of hydrogen-bond donors (Lipinski definition) is 2. The Morgan fingerprint density at radius 2 is 1.65 bits per heavy atom. The summed E-state index contributed by atoms with van der Waals surface area (Å²) in [5.74, 6) is 1.27. The lowest BCUT2D eigenvalue weighted by Crippen LogP contribution is -2.52. The molecule has 52 heavy (non-hydrogen) atoms. The van der Waals surface area contributed by atoms with Gasteiger partial charge in [0.05, 0.1) is 13.2 Å². The molecule has 0 aromatic heterocycles.